The van der Waals surface area contributed by atoms with Gasteiger partial charge in [0.2, 0.25) is 0 Å². The Balaban J connectivity index is 2.12. The molecule has 1 aliphatic rings. The summed E-state index contributed by atoms with van der Waals surface area (Å²) in [5.41, 5.74) is 6.52. The molecular weight excluding hydrogens is 184 g/mol. The molecule has 0 fully saturated rings. The summed E-state index contributed by atoms with van der Waals surface area (Å²) in [5.74, 6) is 0. The van der Waals surface area contributed by atoms with Crippen molar-refractivity contribution < 1.29 is 4.84 Å². The Hall–Kier alpha value is -0.870. The van der Waals surface area contributed by atoms with E-state index in [1.165, 1.54) is 9.75 Å². The summed E-state index contributed by atoms with van der Waals surface area (Å²) in [4.78, 5) is 7.65. The number of aryl methyl sites for hydroxylation is 1. The quantitative estimate of drug-likeness (QED) is 0.779. The number of nitrogens with zero attached hydrogens (tertiary/aromatic N) is 1. The molecular formula is C9H12N2OS. The highest BCUT2D eigenvalue weighted by Gasteiger charge is 2.21. The average Bonchev–Trinajstić information content (AvgIpc) is 2.71. The van der Waals surface area contributed by atoms with Gasteiger partial charge in [-0.25, -0.2) is 0 Å². The van der Waals surface area contributed by atoms with Gasteiger partial charge in [-0.05, 0) is 19.1 Å². The van der Waals surface area contributed by atoms with Gasteiger partial charge in [0.15, 0.2) is 0 Å². The van der Waals surface area contributed by atoms with E-state index in [4.69, 9.17) is 10.6 Å². The molecule has 70 valence electrons. The SMILES string of the molecule is Cc1ccc(C2=NOC(CN)C2)s1. The van der Waals surface area contributed by atoms with Crippen LogP contribution in [0.25, 0.3) is 0 Å². The number of nitrogens with two attached hydrogens (primary N) is 1. The molecule has 1 unspecified atom stereocenters. The van der Waals surface area contributed by atoms with Crippen molar-refractivity contribution in [3.8, 4) is 0 Å². The predicted octanol–water partition coefficient (Wildman–Crippen LogP) is 1.51. The first-order valence-electron chi connectivity index (χ1n) is 4.29. The molecule has 0 aromatic carbocycles. The van der Waals surface area contributed by atoms with E-state index >= 15 is 0 Å². The first-order valence-corrected chi connectivity index (χ1v) is 5.11. The maximum atomic E-state index is 5.48. The Kier molecular flexibility index (Phi) is 2.33. The van der Waals surface area contributed by atoms with E-state index < -0.39 is 0 Å². The normalized spacial score (nSPS) is 21.4. The number of hydrogen-bond donors (Lipinski definition) is 1. The van der Waals surface area contributed by atoms with Crippen LogP contribution >= 0.6 is 11.3 Å². The fourth-order valence-corrected chi connectivity index (χ4v) is 2.15. The number of thiophene rings is 1. The Morgan fingerprint density at radius 3 is 3.08 bits per heavy atom. The number of oxime groups is 1. The Morgan fingerprint density at radius 1 is 1.69 bits per heavy atom. The highest BCUT2D eigenvalue weighted by Crippen LogP contribution is 2.22. The summed E-state index contributed by atoms with van der Waals surface area (Å²) in [6, 6.07) is 4.18. The highest BCUT2D eigenvalue weighted by molar-refractivity contribution is 7.14. The maximum absolute atomic E-state index is 5.48. The highest BCUT2D eigenvalue weighted by atomic mass is 32.1. The Morgan fingerprint density at radius 2 is 2.54 bits per heavy atom. The topological polar surface area (TPSA) is 47.6 Å². The molecule has 3 nitrogen and oxygen atoms in total. The lowest BCUT2D eigenvalue weighted by atomic mass is 10.1. The molecule has 0 saturated carbocycles. The summed E-state index contributed by atoms with van der Waals surface area (Å²) in [6.45, 7) is 2.63. The summed E-state index contributed by atoms with van der Waals surface area (Å²) in [7, 11) is 0. The maximum Gasteiger partial charge on any atom is 0.145 e. The van der Waals surface area contributed by atoms with Crippen LogP contribution in [0.3, 0.4) is 0 Å². The van der Waals surface area contributed by atoms with Crippen LogP contribution in [0.4, 0.5) is 0 Å². The third-order valence-corrected chi connectivity index (χ3v) is 3.07. The lowest BCUT2D eigenvalue weighted by Crippen LogP contribution is -2.19. The van der Waals surface area contributed by atoms with Crippen LogP contribution in [0.2, 0.25) is 0 Å². The van der Waals surface area contributed by atoms with Crippen LogP contribution in [-0.4, -0.2) is 18.4 Å². The summed E-state index contributed by atoms with van der Waals surface area (Å²) < 4.78 is 0. The second kappa shape index (κ2) is 3.47. The van der Waals surface area contributed by atoms with E-state index in [1.54, 1.807) is 11.3 Å². The van der Waals surface area contributed by atoms with E-state index in [0.717, 1.165) is 12.1 Å². The van der Waals surface area contributed by atoms with E-state index in [1.807, 2.05) is 0 Å². The summed E-state index contributed by atoms with van der Waals surface area (Å²) >= 11 is 1.75. The zero-order chi connectivity index (χ0) is 9.26. The molecule has 0 amide bonds. The van der Waals surface area contributed by atoms with Crippen molar-refractivity contribution in [1.82, 2.24) is 0 Å². The zero-order valence-electron chi connectivity index (χ0n) is 7.49. The van der Waals surface area contributed by atoms with Crippen molar-refractivity contribution in [3.63, 3.8) is 0 Å². The van der Waals surface area contributed by atoms with Gasteiger partial charge in [-0.15, -0.1) is 11.3 Å². The largest absolute Gasteiger partial charge is 0.390 e. The summed E-state index contributed by atoms with van der Waals surface area (Å²) in [5, 5.41) is 4.02. The standard InChI is InChI=1S/C9H12N2OS/c1-6-2-3-9(13-6)8-4-7(5-10)12-11-8/h2-3,7H,4-5,10H2,1H3. The lowest BCUT2D eigenvalue weighted by molar-refractivity contribution is 0.0919. The van der Waals surface area contributed by atoms with Crippen LogP contribution < -0.4 is 5.73 Å². The van der Waals surface area contributed by atoms with Crippen molar-refractivity contribution >= 4 is 17.0 Å². The molecule has 1 aliphatic heterocycles. The summed E-state index contributed by atoms with van der Waals surface area (Å²) in [6.07, 6.45) is 0.925. The average molecular weight is 196 g/mol. The van der Waals surface area contributed by atoms with Gasteiger partial charge in [0.1, 0.15) is 11.8 Å². The molecule has 2 heterocycles. The molecule has 13 heavy (non-hydrogen) atoms. The Bertz CT molecular complexity index is 332. The Labute approximate surface area is 81.2 Å². The molecule has 0 spiro atoms. The minimum absolute atomic E-state index is 0.0809. The van der Waals surface area contributed by atoms with Crippen LogP contribution in [0.5, 0.6) is 0 Å². The van der Waals surface area contributed by atoms with Crippen LogP contribution in [0, 0.1) is 6.92 Å². The number of rotatable bonds is 2. The van der Waals surface area contributed by atoms with E-state index in [9.17, 15) is 0 Å². The van der Waals surface area contributed by atoms with Gasteiger partial charge in [0.05, 0.1) is 4.88 Å². The van der Waals surface area contributed by atoms with Crippen molar-refractivity contribution in [1.29, 1.82) is 0 Å². The van der Waals surface area contributed by atoms with Crippen LogP contribution in [-0.2, 0) is 4.84 Å². The van der Waals surface area contributed by atoms with Gasteiger partial charge in [-0.3, -0.25) is 0 Å². The van der Waals surface area contributed by atoms with Crippen LogP contribution in [0.15, 0.2) is 17.3 Å². The van der Waals surface area contributed by atoms with Gasteiger partial charge in [-0.1, -0.05) is 5.16 Å². The fourth-order valence-electron chi connectivity index (χ4n) is 1.29. The molecule has 0 bridgehead atoms. The second-order valence-corrected chi connectivity index (χ2v) is 4.40. The molecule has 1 atom stereocenters. The second-order valence-electron chi connectivity index (χ2n) is 3.12. The first kappa shape index (κ1) is 8.72. The van der Waals surface area contributed by atoms with E-state index in [0.29, 0.717) is 6.54 Å². The van der Waals surface area contributed by atoms with E-state index in [-0.39, 0.29) is 6.10 Å². The molecule has 0 aliphatic carbocycles. The molecule has 1 aromatic heterocycles. The first-order chi connectivity index (χ1) is 6.29. The molecule has 0 radical (unpaired) electrons. The molecule has 4 heteroatoms. The van der Waals surface area contributed by atoms with Crippen molar-refractivity contribution in [3.05, 3.63) is 21.9 Å². The lowest BCUT2D eigenvalue weighted by Gasteiger charge is -2.01. The minimum Gasteiger partial charge on any atom is -0.390 e. The minimum atomic E-state index is 0.0809. The van der Waals surface area contributed by atoms with Gasteiger partial charge in [0, 0.05) is 17.8 Å². The van der Waals surface area contributed by atoms with E-state index in [2.05, 4.69) is 24.2 Å². The fraction of sp³-hybridized carbons (Fsp3) is 0.444. The van der Waals surface area contributed by atoms with Gasteiger partial charge in [-0.2, -0.15) is 0 Å². The van der Waals surface area contributed by atoms with Crippen LogP contribution in [0.1, 0.15) is 16.2 Å². The zero-order valence-corrected chi connectivity index (χ0v) is 8.30. The number of hydrogen-bond acceptors (Lipinski definition) is 4. The van der Waals surface area contributed by atoms with Gasteiger partial charge < -0.3 is 10.6 Å². The van der Waals surface area contributed by atoms with Crippen molar-refractivity contribution in [2.24, 2.45) is 10.9 Å². The smallest absolute Gasteiger partial charge is 0.145 e. The van der Waals surface area contributed by atoms with Gasteiger partial charge in [0.25, 0.3) is 0 Å². The third kappa shape index (κ3) is 1.73. The molecule has 2 rings (SSSR count). The van der Waals surface area contributed by atoms with Crippen molar-refractivity contribution in [2.45, 2.75) is 19.4 Å². The third-order valence-electron chi connectivity index (χ3n) is 2.02. The predicted molar refractivity (Wildman–Crippen MR) is 54.1 cm³/mol. The molecule has 0 saturated heterocycles. The van der Waals surface area contributed by atoms with Crippen molar-refractivity contribution in [2.75, 3.05) is 6.54 Å². The molecule has 1 aromatic rings. The monoisotopic (exact) mass is 196 g/mol. The molecule has 2 N–H and O–H groups in total. The van der Waals surface area contributed by atoms with Gasteiger partial charge >= 0.3 is 0 Å².